The number of halogens is 10. The van der Waals surface area contributed by atoms with Crippen LogP contribution >= 0.6 is 23.2 Å². The lowest BCUT2D eigenvalue weighted by atomic mass is 9.84. The molecular formula is C31H31Cl2F8N5O3. The van der Waals surface area contributed by atoms with Crippen molar-refractivity contribution in [1.29, 1.82) is 0 Å². The number of hydrogen-bond donors (Lipinski definition) is 3. The van der Waals surface area contributed by atoms with Crippen LogP contribution in [0.25, 0.3) is 11.2 Å². The minimum atomic E-state index is -4.71. The number of carbonyl (C=O) groups is 2. The third kappa shape index (κ3) is 8.16. The number of aromatic nitrogens is 3. The number of rotatable bonds is 10. The highest BCUT2D eigenvalue weighted by Gasteiger charge is 2.60. The Morgan fingerprint density at radius 3 is 2.31 bits per heavy atom. The van der Waals surface area contributed by atoms with Gasteiger partial charge in [-0.15, -0.1) is 0 Å². The van der Waals surface area contributed by atoms with Gasteiger partial charge >= 0.3 is 12.4 Å². The molecule has 0 spiro atoms. The molecule has 0 saturated heterocycles. The van der Waals surface area contributed by atoms with Gasteiger partial charge in [-0.2, -0.15) is 31.3 Å². The van der Waals surface area contributed by atoms with Crippen LogP contribution in [0, 0.1) is 11.3 Å². The third-order valence-corrected chi connectivity index (χ3v) is 9.91. The summed E-state index contributed by atoms with van der Waals surface area (Å²) in [6.07, 6.45) is -12.3. The Morgan fingerprint density at radius 1 is 1.02 bits per heavy atom. The second-order valence-electron chi connectivity index (χ2n) is 12.3. The first-order valence-electron chi connectivity index (χ1n) is 15.5. The fourth-order valence-electron chi connectivity index (χ4n) is 6.38. The van der Waals surface area contributed by atoms with E-state index in [0.29, 0.717) is 11.1 Å². The van der Waals surface area contributed by atoms with Gasteiger partial charge in [-0.25, -0.2) is 13.8 Å². The molecule has 2 saturated carbocycles. The topological polar surface area (TPSA) is 109 Å². The maximum atomic E-state index is 13.8. The summed E-state index contributed by atoms with van der Waals surface area (Å²) in [6, 6.07) is 3.61. The molecule has 2 heterocycles. The number of amides is 2. The van der Waals surface area contributed by atoms with Crippen LogP contribution in [0.1, 0.15) is 78.7 Å². The van der Waals surface area contributed by atoms with Crippen LogP contribution in [0.15, 0.2) is 18.2 Å². The number of nitrogens with zero attached hydrogens (tertiary/aromatic N) is 2. The first kappa shape index (κ1) is 36.9. The molecule has 8 nitrogen and oxygen atoms in total. The first-order chi connectivity index (χ1) is 23.0. The van der Waals surface area contributed by atoms with Gasteiger partial charge in [0, 0.05) is 24.0 Å². The van der Waals surface area contributed by atoms with Crippen LogP contribution in [0.5, 0.6) is 5.88 Å². The standard InChI is InChI=1S/C31H31Cl2F8N5O3/c32-20-8-3-15(13-42-28(48)29(31(39,40)41)9-1-2-10-29)24(33)18(20)12-23-44-21-11-19(27(46-25(21)45-23)49-14-22(34)35)26(47)43-17-6-4-16(5-7-17)30(36,37)38/h3,8,11,16-17,22H,1-2,4-7,9-10,12-14H2,(H,42,48)(H,43,47)(H,44,45,46). The number of ether oxygens (including phenoxy) is 1. The number of imidazole rings is 1. The molecule has 0 radical (unpaired) electrons. The molecule has 49 heavy (non-hydrogen) atoms. The highest BCUT2D eigenvalue weighted by molar-refractivity contribution is 6.36. The number of hydrogen-bond acceptors (Lipinski definition) is 5. The maximum absolute atomic E-state index is 13.8. The number of H-pyrrole nitrogens is 1. The fourth-order valence-corrected chi connectivity index (χ4v) is 6.95. The summed E-state index contributed by atoms with van der Waals surface area (Å²) in [7, 11) is 0. The zero-order chi connectivity index (χ0) is 35.7. The lowest BCUT2D eigenvalue weighted by Gasteiger charge is -2.30. The number of pyridine rings is 1. The zero-order valence-corrected chi connectivity index (χ0v) is 27.2. The van der Waals surface area contributed by atoms with E-state index in [4.69, 9.17) is 27.9 Å². The van der Waals surface area contributed by atoms with Crippen molar-refractivity contribution >= 4 is 46.2 Å². The van der Waals surface area contributed by atoms with E-state index in [9.17, 15) is 44.7 Å². The van der Waals surface area contributed by atoms with Crippen LogP contribution in [0.2, 0.25) is 10.0 Å². The van der Waals surface area contributed by atoms with Crippen LogP contribution in [0.4, 0.5) is 35.1 Å². The maximum Gasteiger partial charge on any atom is 0.403 e. The van der Waals surface area contributed by atoms with E-state index in [1.54, 1.807) is 0 Å². The summed E-state index contributed by atoms with van der Waals surface area (Å²) in [5.41, 5.74) is -1.93. The lowest BCUT2D eigenvalue weighted by molar-refractivity contribution is -0.220. The minimum absolute atomic E-state index is 0.0221. The lowest BCUT2D eigenvalue weighted by Crippen LogP contribution is -2.48. The van der Waals surface area contributed by atoms with Crippen molar-refractivity contribution in [2.45, 2.75) is 89.2 Å². The normalized spacial score (nSPS) is 19.7. The van der Waals surface area contributed by atoms with Crippen LogP contribution in [-0.2, 0) is 17.8 Å². The number of alkyl halides is 8. The fraction of sp³-hybridized carbons (Fsp3) is 0.548. The molecule has 0 unspecified atom stereocenters. The zero-order valence-electron chi connectivity index (χ0n) is 25.6. The van der Waals surface area contributed by atoms with Gasteiger partial charge in [-0.3, -0.25) is 9.59 Å². The molecular weight excluding hydrogens is 713 g/mol. The Morgan fingerprint density at radius 2 is 1.69 bits per heavy atom. The van der Waals surface area contributed by atoms with E-state index in [-0.39, 0.29) is 96.9 Å². The van der Waals surface area contributed by atoms with E-state index >= 15 is 0 Å². The van der Waals surface area contributed by atoms with Crippen molar-refractivity contribution in [2.24, 2.45) is 11.3 Å². The van der Waals surface area contributed by atoms with Crippen molar-refractivity contribution in [1.82, 2.24) is 25.6 Å². The Bertz CT molecular complexity index is 1680. The summed E-state index contributed by atoms with van der Waals surface area (Å²) in [5.74, 6) is -3.63. The van der Waals surface area contributed by atoms with Gasteiger partial charge < -0.3 is 20.4 Å². The number of carbonyl (C=O) groups excluding carboxylic acids is 2. The van der Waals surface area contributed by atoms with Gasteiger partial charge in [-0.05, 0) is 61.8 Å². The van der Waals surface area contributed by atoms with E-state index in [0.717, 1.165) is 0 Å². The van der Waals surface area contributed by atoms with E-state index < -0.39 is 60.5 Å². The largest absolute Gasteiger partial charge is 0.471 e. The van der Waals surface area contributed by atoms with Crippen molar-refractivity contribution in [2.75, 3.05) is 6.61 Å². The highest BCUT2D eigenvalue weighted by Crippen LogP contribution is 2.50. The van der Waals surface area contributed by atoms with Crippen LogP contribution < -0.4 is 15.4 Å². The van der Waals surface area contributed by atoms with Gasteiger partial charge in [0.1, 0.15) is 16.8 Å². The molecule has 2 amide bonds. The highest BCUT2D eigenvalue weighted by atomic mass is 35.5. The van der Waals surface area contributed by atoms with Gasteiger partial charge in [-0.1, -0.05) is 42.1 Å². The molecule has 3 aromatic rings. The SMILES string of the molecule is O=C(NC1CCC(C(F)(F)F)CC1)c1cc2[nH]c(Cc3c(Cl)ccc(CNC(=O)C4(C(F)(F)F)CCCC4)c3Cl)nc2nc1OCC(F)F. The number of nitrogens with one attached hydrogen (secondary N) is 3. The smallest absolute Gasteiger partial charge is 0.403 e. The van der Waals surface area contributed by atoms with Crippen LogP contribution in [0.3, 0.4) is 0 Å². The Balaban J connectivity index is 1.34. The average molecular weight is 745 g/mol. The summed E-state index contributed by atoms with van der Waals surface area (Å²) < 4.78 is 112. The monoisotopic (exact) mass is 743 g/mol. The number of benzene rings is 1. The molecule has 268 valence electrons. The van der Waals surface area contributed by atoms with E-state index in [1.165, 1.54) is 18.2 Å². The molecule has 3 N–H and O–H groups in total. The number of aromatic amines is 1. The average Bonchev–Trinajstić information content (AvgIpc) is 3.69. The second-order valence-corrected chi connectivity index (χ2v) is 13.1. The molecule has 0 aliphatic heterocycles. The van der Waals surface area contributed by atoms with Crippen molar-refractivity contribution in [3.05, 3.63) is 50.8 Å². The van der Waals surface area contributed by atoms with Gasteiger partial charge in [0.15, 0.2) is 12.3 Å². The summed E-state index contributed by atoms with van der Waals surface area (Å²) >= 11 is 13.0. The molecule has 0 atom stereocenters. The van der Waals surface area contributed by atoms with Gasteiger partial charge in [0.25, 0.3) is 12.3 Å². The predicted octanol–water partition coefficient (Wildman–Crippen LogP) is 8.09. The molecule has 2 aliphatic rings. The minimum Gasteiger partial charge on any atom is -0.471 e. The number of fused-ring (bicyclic) bond motifs is 1. The summed E-state index contributed by atoms with van der Waals surface area (Å²) in [5, 5.41) is 5.25. The quantitative estimate of drug-likeness (QED) is 0.182. The summed E-state index contributed by atoms with van der Waals surface area (Å²) in [6.45, 7) is -1.39. The molecule has 2 aromatic heterocycles. The second kappa shape index (κ2) is 14.4. The molecule has 2 fully saturated rings. The Kier molecular flexibility index (Phi) is 10.9. The third-order valence-electron chi connectivity index (χ3n) is 9.09. The van der Waals surface area contributed by atoms with E-state index in [2.05, 4.69) is 25.6 Å². The molecule has 5 rings (SSSR count). The molecule has 0 bridgehead atoms. The molecule has 2 aliphatic carbocycles. The Labute approximate surface area is 284 Å². The van der Waals surface area contributed by atoms with Crippen molar-refractivity contribution in [3.8, 4) is 5.88 Å². The van der Waals surface area contributed by atoms with Crippen molar-refractivity contribution < 1.29 is 49.4 Å². The summed E-state index contributed by atoms with van der Waals surface area (Å²) in [4.78, 5) is 37.3. The Hall–Kier alpha value is -3.40. The van der Waals surface area contributed by atoms with Gasteiger partial charge in [0.05, 0.1) is 16.5 Å². The molecule has 18 heteroatoms. The first-order valence-corrected chi connectivity index (χ1v) is 16.2. The molecule has 1 aromatic carbocycles. The van der Waals surface area contributed by atoms with Crippen LogP contribution in [-0.4, -0.2) is 58.2 Å². The van der Waals surface area contributed by atoms with Crippen molar-refractivity contribution in [3.63, 3.8) is 0 Å². The van der Waals surface area contributed by atoms with E-state index in [1.807, 2.05) is 0 Å². The van der Waals surface area contributed by atoms with Gasteiger partial charge in [0.2, 0.25) is 11.8 Å². The predicted molar refractivity (Wildman–Crippen MR) is 163 cm³/mol.